The van der Waals surface area contributed by atoms with Crippen molar-refractivity contribution < 1.29 is 4.79 Å². The van der Waals surface area contributed by atoms with Crippen LogP contribution < -0.4 is 5.73 Å². The van der Waals surface area contributed by atoms with Crippen molar-refractivity contribution in [1.29, 1.82) is 0 Å². The van der Waals surface area contributed by atoms with Crippen molar-refractivity contribution in [1.82, 2.24) is 9.80 Å². The predicted octanol–water partition coefficient (Wildman–Crippen LogP) is 0.670. The fourth-order valence-electron chi connectivity index (χ4n) is 2.08. The first kappa shape index (κ1) is 13.5. The summed E-state index contributed by atoms with van der Waals surface area (Å²) in [4.78, 5) is 15.9. The number of likely N-dealkylation sites (N-methyl/N-ethyl adjacent to an activating group) is 1. The van der Waals surface area contributed by atoms with Crippen LogP contribution in [0, 0.1) is 0 Å². The minimum atomic E-state index is 0.291. The van der Waals surface area contributed by atoms with Gasteiger partial charge in [-0.05, 0) is 45.8 Å². The fourth-order valence-corrected chi connectivity index (χ4v) is 2.08. The summed E-state index contributed by atoms with van der Waals surface area (Å²) >= 11 is 0. The molecule has 94 valence electrons. The van der Waals surface area contributed by atoms with E-state index >= 15 is 0 Å². The summed E-state index contributed by atoms with van der Waals surface area (Å²) in [6, 6.07) is 0. The molecule has 0 atom stereocenters. The van der Waals surface area contributed by atoms with Gasteiger partial charge in [-0.1, -0.05) is 6.42 Å². The van der Waals surface area contributed by atoms with E-state index in [1.54, 1.807) is 0 Å². The molecule has 4 heteroatoms. The van der Waals surface area contributed by atoms with E-state index in [4.69, 9.17) is 5.73 Å². The van der Waals surface area contributed by atoms with Crippen LogP contribution in [0.2, 0.25) is 0 Å². The molecule has 0 radical (unpaired) electrons. The molecular weight excluding hydrogens is 202 g/mol. The van der Waals surface area contributed by atoms with Gasteiger partial charge in [0.15, 0.2) is 0 Å². The maximum atomic E-state index is 11.8. The molecule has 1 saturated heterocycles. The lowest BCUT2D eigenvalue weighted by Gasteiger charge is -2.21. The predicted molar refractivity (Wildman–Crippen MR) is 66.2 cm³/mol. The molecule has 0 aliphatic carbocycles. The summed E-state index contributed by atoms with van der Waals surface area (Å²) < 4.78 is 0. The van der Waals surface area contributed by atoms with Crippen molar-refractivity contribution in [2.75, 3.05) is 39.8 Å². The number of carbonyl (C=O) groups is 1. The Morgan fingerprint density at radius 2 is 1.94 bits per heavy atom. The Hall–Kier alpha value is -0.610. The van der Waals surface area contributed by atoms with Crippen LogP contribution in [0.3, 0.4) is 0 Å². The SMILES string of the molecule is CN(CCCCCN)CC(=O)N1CCCC1. The number of hydrogen-bond donors (Lipinski definition) is 1. The molecular formula is C12H25N3O. The monoisotopic (exact) mass is 227 g/mol. The van der Waals surface area contributed by atoms with Gasteiger partial charge < -0.3 is 10.6 Å². The molecule has 0 unspecified atom stereocenters. The van der Waals surface area contributed by atoms with Crippen LogP contribution in [0.4, 0.5) is 0 Å². The average Bonchev–Trinajstić information content (AvgIpc) is 2.77. The highest BCUT2D eigenvalue weighted by molar-refractivity contribution is 5.78. The molecule has 0 bridgehead atoms. The molecule has 0 saturated carbocycles. The van der Waals surface area contributed by atoms with Crippen molar-refractivity contribution in [2.24, 2.45) is 5.73 Å². The van der Waals surface area contributed by atoms with Gasteiger partial charge in [-0.2, -0.15) is 0 Å². The van der Waals surface area contributed by atoms with Gasteiger partial charge in [0.05, 0.1) is 6.54 Å². The number of carbonyl (C=O) groups excluding carboxylic acids is 1. The zero-order valence-electron chi connectivity index (χ0n) is 10.5. The second kappa shape index (κ2) is 7.63. The smallest absolute Gasteiger partial charge is 0.236 e. The molecule has 1 aliphatic rings. The quantitative estimate of drug-likeness (QED) is 0.650. The van der Waals surface area contributed by atoms with Crippen molar-refractivity contribution in [3.05, 3.63) is 0 Å². The number of rotatable bonds is 7. The number of amides is 1. The van der Waals surface area contributed by atoms with Gasteiger partial charge in [-0.15, -0.1) is 0 Å². The molecule has 0 aromatic carbocycles. The summed E-state index contributed by atoms with van der Waals surface area (Å²) in [5.74, 6) is 0.291. The highest BCUT2D eigenvalue weighted by atomic mass is 16.2. The van der Waals surface area contributed by atoms with E-state index in [2.05, 4.69) is 4.90 Å². The molecule has 0 spiro atoms. The van der Waals surface area contributed by atoms with Crippen molar-refractivity contribution in [3.8, 4) is 0 Å². The van der Waals surface area contributed by atoms with Crippen LogP contribution in [-0.2, 0) is 4.79 Å². The molecule has 16 heavy (non-hydrogen) atoms. The van der Waals surface area contributed by atoms with E-state index in [-0.39, 0.29) is 0 Å². The van der Waals surface area contributed by atoms with Gasteiger partial charge in [0.2, 0.25) is 5.91 Å². The summed E-state index contributed by atoms with van der Waals surface area (Å²) in [6.07, 6.45) is 5.74. The van der Waals surface area contributed by atoms with Gasteiger partial charge in [0, 0.05) is 13.1 Å². The number of hydrogen-bond acceptors (Lipinski definition) is 3. The summed E-state index contributed by atoms with van der Waals surface area (Å²) in [5, 5.41) is 0. The lowest BCUT2D eigenvalue weighted by atomic mass is 10.2. The highest BCUT2D eigenvalue weighted by Crippen LogP contribution is 2.07. The van der Waals surface area contributed by atoms with Crippen LogP contribution in [0.15, 0.2) is 0 Å². The second-order valence-electron chi connectivity index (χ2n) is 4.68. The number of unbranched alkanes of at least 4 members (excludes halogenated alkanes) is 2. The Labute approximate surface area is 98.8 Å². The lowest BCUT2D eigenvalue weighted by molar-refractivity contribution is -0.131. The second-order valence-corrected chi connectivity index (χ2v) is 4.68. The van der Waals surface area contributed by atoms with Crippen LogP contribution in [-0.4, -0.2) is 55.5 Å². The Morgan fingerprint density at radius 3 is 2.56 bits per heavy atom. The number of nitrogens with zero attached hydrogens (tertiary/aromatic N) is 2. The van der Waals surface area contributed by atoms with E-state index in [9.17, 15) is 4.79 Å². The average molecular weight is 227 g/mol. The zero-order chi connectivity index (χ0) is 11.8. The van der Waals surface area contributed by atoms with E-state index < -0.39 is 0 Å². The van der Waals surface area contributed by atoms with Gasteiger partial charge in [0.1, 0.15) is 0 Å². The summed E-state index contributed by atoms with van der Waals surface area (Å²) in [7, 11) is 2.02. The Morgan fingerprint density at radius 1 is 1.25 bits per heavy atom. The topological polar surface area (TPSA) is 49.6 Å². The zero-order valence-corrected chi connectivity index (χ0v) is 10.5. The number of likely N-dealkylation sites (tertiary alicyclic amines) is 1. The maximum Gasteiger partial charge on any atom is 0.236 e. The molecule has 1 heterocycles. The first-order chi connectivity index (χ1) is 7.74. The third kappa shape index (κ3) is 4.94. The fraction of sp³-hybridized carbons (Fsp3) is 0.917. The van der Waals surface area contributed by atoms with Crippen molar-refractivity contribution in [2.45, 2.75) is 32.1 Å². The maximum absolute atomic E-state index is 11.8. The Kier molecular flexibility index (Phi) is 6.42. The van der Waals surface area contributed by atoms with Gasteiger partial charge in [-0.25, -0.2) is 0 Å². The first-order valence-electron chi connectivity index (χ1n) is 6.40. The highest BCUT2D eigenvalue weighted by Gasteiger charge is 2.18. The molecule has 1 rings (SSSR count). The van der Waals surface area contributed by atoms with E-state index in [0.717, 1.165) is 39.0 Å². The standard InChI is InChI=1S/C12H25N3O/c1-14(8-4-2-3-7-13)11-12(16)15-9-5-6-10-15/h2-11,13H2,1H3. The Balaban J connectivity index is 2.08. The molecule has 1 amide bonds. The molecule has 1 aliphatic heterocycles. The largest absolute Gasteiger partial charge is 0.342 e. The van der Waals surface area contributed by atoms with Crippen molar-refractivity contribution in [3.63, 3.8) is 0 Å². The van der Waals surface area contributed by atoms with Crippen LogP contribution >= 0.6 is 0 Å². The van der Waals surface area contributed by atoms with E-state index in [0.29, 0.717) is 12.5 Å². The van der Waals surface area contributed by atoms with Crippen LogP contribution in [0.25, 0.3) is 0 Å². The van der Waals surface area contributed by atoms with E-state index in [1.165, 1.54) is 19.3 Å². The minimum Gasteiger partial charge on any atom is -0.342 e. The Bertz CT molecular complexity index is 202. The normalized spacial score (nSPS) is 16.1. The molecule has 1 fully saturated rings. The first-order valence-corrected chi connectivity index (χ1v) is 6.40. The number of nitrogens with two attached hydrogens (primary N) is 1. The van der Waals surface area contributed by atoms with Gasteiger partial charge in [0.25, 0.3) is 0 Å². The van der Waals surface area contributed by atoms with Crippen LogP contribution in [0.5, 0.6) is 0 Å². The van der Waals surface area contributed by atoms with E-state index in [1.807, 2.05) is 11.9 Å². The summed E-state index contributed by atoms with van der Waals surface area (Å²) in [6.45, 7) is 4.26. The van der Waals surface area contributed by atoms with Gasteiger partial charge >= 0.3 is 0 Å². The molecule has 0 aromatic rings. The van der Waals surface area contributed by atoms with Crippen LogP contribution in [0.1, 0.15) is 32.1 Å². The molecule has 4 nitrogen and oxygen atoms in total. The van der Waals surface area contributed by atoms with Gasteiger partial charge in [-0.3, -0.25) is 9.69 Å². The summed E-state index contributed by atoms with van der Waals surface area (Å²) in [5.41, 5.74) is 5.43. The lowest BCUT2D eigenvalue weighted by Crippen LogP contribution is -2.37. The minimum absolute atomic E-state index is 0.291. The third-order valence-electron chi connectivity index (χ3n) is 3.11. The molecule has 0 aromatic heterocycles. The molecule has 2 N–H and O–H groups in total. The third-order valence-corrected chi connectivity index (χ3v) is 3.11. The van der Waals surface area contributed by atoms with Crippen molar-refractivity contribution >= 4 is 5.91 Å².